The Labute approximate surface area is 122 Å². The minimum absolute atomic E-state index is 0.0233. The molecule has 1 aliphatic carbocycles. The molecule has 5 heteroatoms. The second-order valence-corrected chi connectivity index (χ2v) is 5.62. The Balaban J connectivity index is 2.02. The van der Waals surface area contributed by atoms with Crippen molar-refractivity contribution in [3.63, 3.8) is 0 Å². The molecule has 1 fully saturated rings. The first-order valence-corrected chi connectivity index (χ1v) is 6.86. The highest BCUT2D eigenvalue weighted by Gasteiger charge is 2.37. The van der Waals surface area contributed by atoms with E-state index in [0.717, 1.165) is 19.3 Å². The van der Waals surface area contributed by atoms with Gasteiger partial charge in [-0.05, 0) is 49.1 Å². The maximum absolute atomic E-state index is 11.8. The van der Waals surface area contributed by atoms with Gasteiger partial charge in [0.05, 0.1) is 12.1 Å². The summed E-state index contributed by atoms with van der Waals surface area (Å²) in [5.41, 5.74) is 0.260. The van der Waals surface area contributed by atoms with Crippen molar-refractivity contribution in [1.29, 1.82) is 0 Å². The molecule has 1 saturated carbocycles. The van der Waals surface area contributed by atoms with E-state index in [1.165, 1.54) is 6.08 Å². The first-order valence-electron chi connectivity index (χ1n) is 6.11. The molecule has 0 saturated heterocycles. The molecule has 0 aliphatic heterocycles. The quantitative estimate of drug-likeness (QED) is 0.840. The zero-order valence-corrected chi connectivity index (χ0v) is 11.8. The summed E-state index contributed by atoms with van der Waals surface area (Å²) in [5.74, 6) is -0.232. The molecule has 0 spiro atoms. The van der Waals surface area contributed by atoms with Gasteiger partial charge in [0.1, 0.15) is 0 Å². The smallest absolute Gasteiger partial charge is 0.244 e. The van der Waals surface area contributed by atoms with Crippen molar-refractivity contribution < 1.29 is 9.90 Å². The molecule has 1 aliphatic rings. The summed E-state index contributed by atoms with van der Waals surface area (Å²) in [6, 6.07) is 5.07. The van der Waals surface area contributed by atoms with Gasteiger partial charge in [-0.3, -0.25) is 4.79 Å². The predicted octanol–water partition coefficient (Wildman–Crippen LogP) is 3.04. The molecule has 2 rings (SSSR count). The van der Waals surface area contributed by atoms with Crippen LogP contribution in [0.2, 0.25) is 10.0 Å². The number of amides is 1. The highest BCUT2D eigenvalue weighted by atomic mass is 35.5. The molecule has 0 bridgehead atoms. The van der Waals surface area contributed by atoms with E-state index in [0.29, 0.717) is 15.6 Å². The van der Waals surface area contributed by atoms with E-state index in [2.05, 4.69) is 5.32 Å². The van der Waals surface area contributed by atoms with Gasteiger partial charge in [-0.1, -0.05) is 23.2 Å². The summed E-state index contributed by atoms with van der Waals surface area (Å²) in [5, 5.41) is 13.2. The summed E-state index contributed by atoms with van der Waals surface area (Å²) in [6.07, 6.45) is 5.70. The third-order valence-corrected chi connectivity index (χ3v) is 3.95. The van der Waals surface area contributed by atoms with Gasteiger partial charge < -0.3 is 10.4 Å². The Morgan fingerprint density at radius 3 is 2.74 bits per heavy atom. The molecule has 1 amide bonds. The van der Waals surface area contributed by atoms with Gasteiger partial charge in [0, 0.05) is 16.1 Å². The standard InChI is InChI=1S/C14H15Cl2NO2/c15-11-3-4-12(16)10(8-11)2-5-13(19)17-14(9-18)6-1-7-14/h2-5,8,18H,1,6-7,9H2,(H,17,19)/b5-2+. The largest absolute Gasteiger partial charge is 0.394 e. The minimum Gasteiger partial charge on any atom is -0.394 e. The van der Waals surface area contributed by atoms with Gasteiger partial charge >= 0.3 is 0 Å². The van der Waals surface area contributed by atoms with E-state index in [9.17, 15) is 9.90 Å². The maximum atomic E-state index is 11.8. The Kier molecular flexibility index (Phi) is 4.50. The fraction of sp³-hybridized carbons (Fsp3) is 0.357. The molecule has 0 atom stereocenters. The third kappa shape index (κ3) is 3.50. The fourth-order valence-electron chi connectivity index (χ4n) is 2.04. The molecule has 0 radical (unpaired) electrons. The number of nitrogens with one attached hydrogen (secondary N) is 1. The molecule has 0 unspecified atom stereocenters. The molecule has 1 aromatic carbocycles. The van der Waals surface area contributed by atoms with E-state index in [1.807, 2.05) is 0 Å². The Hall–Kier alpha value is -1.03. The molecule has 2 N–H and O–H groups in total. The van der Waals surface area contributed by atoms with Crippen LogP contribution in [0.4, 0.5) is 0 Å². The Morgan fingerprint density at radius 1 is 1.42 bits per heavy atom. The number of rotatable bonds is 4. The average Bonchev–Trinajstić information content (AvgIpc) is 2.35. The minimum atomic E-state index is -0.431. The van der Waals surface area contributed by atoms with E-state index >= 15 is 0 Å². The summed E-state index contributed by atoms with van der Waals surface area (Å²) in [4.78, 5) is 11.8. The maximum Gasteiger partial charge on any atom is 0.244 e. The van der Waals surface area contributed by atoms with Crippen molar-refractivity contribution in [3.8, 4) is 0 Å². The Bertz CT molecular complexity index is 505. The van der Waals surface area contributed by atoms with Crippen LogP contribution < -0.4 is 5.32 Å². The molecule has 102 valence electrons. The lowest BCUT2D eigenvalue weighted by Gasteiger charge is -2.40. The Morgan fingerprint density at radius 2 is 2.16 bits per heavy atom. The number of aliphatic hydroxyl groups is 1. The van der Waals surface area contributed by atoms with Crippen molar-refractivity contribution in [2.45, 2.75) is 24.8 Å². The summed E-state index contributed by atoms with van der Waals surface area (Å²) in [6.45, 7) is -0.0233. The molecular formula is C14H15Cl2NO2. The van der Waals surface area contributed by atoms with Gasteiger partial charge in [-0.2, -0.15) is 0 Å². The second kappa shape index (κ2) is 5.95. The fourth-order valence-corrected chi connectivity index (χ4v) is 2.40. The number of hydrogen-bond acceptors (Lipinski definition) is 2. The average molecular weight is 300 g/mol. The molecule has 19 heavy (non-hydrogen) atoms. The van der Waals surface area contributed by atoms with E-state index in [-0.39, 0.29) is 12.5 Å². The first-order chi connectivity index (χ1) is 9.04. The zero-order chi connectivity index (χ0) is 13.9. The van der Waals surface area contributed by atoms with Crippen LogP contribution in [0.1, 0.15) is 24.8 Å². The van der Waals surface area contributed by atoms with Gasteiger partial charge in [0.2, 0.25) is 5.91 Å². The van der Waals surface area contributed by atoms with Crippen molar-refractivity contribution in [1.82, 2.24) is 5.32 Å². The highest BCUT2D eigenvalue weighted by molar-refractivity contribution is 6.34. The number of carbonyl (C=O) groups excluding carboxylic acids is 1. The SMILES string of the molecule is O=C(/C=C/c1cc(Cl)ccc1Cl)NC1(CO)CCC1. The molecular weight excluding hydrogens is 285 g/mol. The van der Waals surface area contributed by atoms with Crippen molar-refractivity contribution in [2.75, 3.05) is 6.61 Å². The van der Waals surface area contributed by atoms with E-state index in [1.54, 1.807) is 24.3 Å². The summed E-state index contributed by atoms with van der Waals surface area (Å²) >= 11 is 11.9. The lowest BCUT2D eigenvalue weighted by Crippen LogP contribution is -2.55. The number of hydrogen-bond donors (Lipinski definition) is 2. The predicted molar refractivity (Wildman–Crippen MR) is 77.3 cm³/mol. The molecule has 0 heterocycles. The van der Waals surface area contributed by atoms with Crippen molar-refractivity contribution in [3.05, 3.63) is 39.9 Å². The highest BCUT2D eigenvalue weighted by Crippen LogP contribution is 2.31. The second-order valence-electron chi connectivity index (χ2n) is 4.78. The van der Waals surface area contributed by atoms with Crippen molar-refractivity contribution in [2.24, 2.45) is 0 Å². The van der Waals surface area contributed by atoms with Crippen LogP contribution in [0.5, 0.6) is 0 Å². The number of aliphatic hydroxyl groups excluding tert-OH is 1. The van der Waals surface area contributed by atoms with Crippen LogP contribution in [0, 0.1) is 0 Å². The third-order valence-electron chi connectivity index (χ3n) is 3.37. The van der Waals surface area contributed by atoms with Gasteiger partial charge in [-0.25, -0.2) is 0 Å². The normalized spacial score (nSPS) is 17.2. The number of carbonyl (C=O) groups is 1. The molecule has 0 aromatic heterocycles. The zero-order valence-electron chi connectivity index (χ0n) is 10.3. The van der Waals surface area contributed by atoms with Gasteiger partial charge in [-0.15, -0.1) is 0 Å². The van der Waals surface area contributed by atoms with E-state index < -0.39 is 5.54 Å². The lowest BCUT2D eigenvalue weighted by molar-refractivity contribution is -0.120. The van der Waals surface area contributed by atoms with Gasteiger partial charge in [0.15, 0.2) is 0 Å². The van der Waals surface area contributed by atoms with E-state index in [4.69, 9.17) is 23.2 Å². The molecule has 1 aromatic rings. The van der Waals surface area contributed by atoms with Crippen LogP contribution in [0.15, 0.2) is 24.3 Å². The van der Waals surface area contributed by atoms with Crippen LogP contribution in [0.3, 0.4) is 0 Å². The first kappa shape index (κ1) is 14.4. The monoisotopic (exact) mass is 299 g/mol. The van der Waals surface area contributed by atoms with Crippen LogP contribution in [-0.4, -0.2) is 23.2 Å². The van der Waals surface area contributed by atoms with Crippen LogP contribution >= 0.6 is 23.2 Å². The van der Waals surface area contributed by atoms with Crippen LogP contribution in [0.25, 0.3) is 6.08 Å². The lowest BCUT2D eigenvalue weighted by atomic mass is 9.77. The van der Waals surface area contributed by atoms with Gasteiger partial charge in [0.25, 0.3) is 0 Å². The van der Waals surface area contributed by atoms with Crippen molar-refractivity contribution >= 4 is 35.2 Å². The topological polar surface area (TPSA) is 49.3 Å². The van der Waals surface area contributed by atoms with Crippen LogP contribution in [-0.2, 0) is 4.79 Å². The number of halogens is 2. The summed E-state index contributed by atoms with van der Waals surface area (Å²) < 4.78 is 0. The molecule has 3 nitrogen and oxygen atoms in total. The summed E-state index contributed by atoms with van der Waals surface area (Å²) in [7, 11) is 0. The number of benzene rings is 1.